The van der Waals surface area contributed by atoms with Gasteiger partial charge in [-0.1, -0.05) is 18.2 Å². The topological polar surface area (TPSA) is 104 Å². The van der Waals surface area contributed by atoms with Crippen molar-refractivity contribution in [3.05, 3.63) is 70.2 Å². The van der Waals surface area contributed by atoms with Crippen LogP contribution in [0.15, 0.2) is 48.5 Å². The van der Waals surface area contributed by atoms with E-state index in [1.54, 1.807) is 23.5 Å². The van der Waals surface area contributed by atoms with Gasteiger partial charge in [-0.25, -0.2) is 9.78 Å². The van der Waals surface area contributed by atoms with Crippen molar-refractivity contribution in [2.24, 2.45) is 0 Å². The summed E-state index contributed by atoms with van der Waals surface area (Å²) in [7, 11) is 2.10. The van der Waals surface area contributed by atoms with Gasteiger partial charge in [-0.05, 0) is 55.8 Å². The molecule has 2 aliphatic rings. The Morgan fingerprint density at radius 2 is 1.97 bits per heavy atom. The highest BCUT2D eigenvalue weighted by molar-refractivity contribution is 7.15. The first-order valence-electron chi connectivity index (χ1n) is 11.9. The predicted octanol–water partition coefficient (Wildman–Crippen LogP) is 4.38. The molecule has 5 rings (SSSR count). The minimum Gasteiger partial charge on any atom is -0.399 e. The Balaban J connectivity index is 1.24. The van der Waals surface area contributed by atoms with Crippen LogP contribution >= 0.6 is 11.3 Å². The lowest BCUT2D eigenvalue weighted by molar-refractivity contribution is 0.102. The number of urea groups is 1. The van der Waals surface area contributed by atoms with E-state index in [2.05, 4.69) is 27.6 Å². The van der Waals surface area contributed by atoms with Crippen LogP contribution in [0, 0.1) is 0 Å². The lowest BCUT2D eigenvalue weighted by Crippen LogP contribution is -2.41. The SMILES string of the molecule is CN1CCc2nc(NC(=O)c3cccc(C4CCCN(C(=O)Nc5cccc(N)c5)C4)c3)sc2C1. The maximum Gasteiger partial charge on any atom is 0.321 e. The summed E-state index contributed by atoms with van der Waals surface area (Å²) in [5.41, 5.74) is 9.89. The van der Waals surface area contributed by atoms with Crippen molar-refractivity contribution in [2.75, 3.05) is 43.0 Å². The van der Waals surface area contributed by atoms with Crippen molar-refractivity contribution in [2.45, 2.75) is 31.7 Å². The quantitative estimate of drug-likeness (QED) is 0.471. The molecule has 2 aliphatic heterocycles. The number of nitrogen functional groups attached to an aromatic ring is 1. The van der Waals surface area contributed by atoms with Crippen molar-refractivity contribution in [1.29, 1.82) is 0 Å². The first-order valence-corrected chi connectivity index (χ1v) is 12.8. The largest absolute Gasteiger partial charge is 0.399 e. The van der Waals surface area contributed by atoms with Gasteiger partial charge in [-0.3, -0.25) is 10.1 Å². The molecule has 1 saturated heterocycles. The highest BCUT2D eigenvalue weighted by atomic mass is 32.1. The van der Waals surface area contributed by atoms with Gasteiger partial charge in [0.2, 0.25) is 0 Å². The van der Waals surface area contributed by atoms with Gasteiger partial charge in [0.25, 0.3) is 5.91 Å². The first kappa shape index (κ1) is 23.3. The zero-order chi connectivity index (χ0) is 24.4. The van der Waals surface area contributed by atoms with Crippen LogP contribution in [0.5, 0.6) is 0 Å². The van der Waals surface area contributed by atoms with E-state index >= 15 is 0 Å². The van der Waals surface area contributed by atoms with Gasteiger partial charge in [-0.2, -0.15) is 0 Å². The summed E-state index contributed by atoms with van der Waals surface area (Å²) in [6, 6.07) is 14.8. The van der Waals surface area contributed by atoms with Gasteiger partial charge in [0.1, 0.15) is 0 Å². The summed E-state index contributed by atoms with van der Waals surface area (Å²) in [6.45, 7) is 3.17. The fourth-order valence-corrected chi connectivity index (χ4v) is 5.82. The van der Waals surface area contributed by atoms with Gasteiger partial charge >= 0.3 is 6.03 Å². The third-order valence-corrected chi connectivity index (χ3v) is 7.61. The smallest absolute Gasteiger partial charge is 0.321 e. The molecule has 4 N–H and O–H groups in total. The molecule has 0 bridgehead atoms. The lowest BCUT2D eigenvalue weighted by Gasteiger charge is -2.33. The third kappa shape index (κ3) is 5.47. The van der Waals surface area contributed by atoms with Crippen molar-refractivity contribution >= 4 is 39.8 Å². The van der Waals surface area contributed by atoms with E-state index in [1.807, 2.05) is 41.3 Å². The molecule has 0 saturated carbocycles. The first-order chi connectivity index (χ1) is 16.9. The number of carbonyl (C=O) groups is 2. The molecule has 1 fully saturated rings. The van der Waals surface area contributed by atoms with Crippen LogP contribution < -0.4 is 16.4 Å². The number of rotatable bonds is 4. The monoisotopic (exact) mass is 490 g/mol. The Labute approximate surface area is 209 Å². The van der Waals surface area contributed by atoms with Crippen LogP contribution in [-0.2, 0) is 13.0 Å². The number of nitrogens with zero attached hydrogens (tertiary/aromatic N) is 3. The lowest BCUT2D eigenvalue weighted by atomic mass is 9.89. The Morgan fingerprint density at radius 1 is 1.11 bits per heavy atom. The minimum atomic E-state index is -0.154. The summed E-state index contributed by atoms with van der Waals surface area (Å²) >= 11 is 1.56. The Bertz CT molecular complexity index is 1240. The van der Waals surface area contributed by atoms with E-state index in [-0.39, 0.29) is 17.9 Å². The van der Waals surface area contributed by atoms with Crippen LogP contribution in [0.25, 0.3) is 0 Å². The molecule has 9 heteroatoms. The number of likely N-dealkylation sites (tertiary alicyclic amines) is 1. The van der Waals surface area contributed by atoms with E-state index < -0.39 is 0 Å². The zero-order valence-corrected chi connectivity index (χ0v) is 20.6. The molecular formula is C26H30N6O2S. The second-order valence-electron chi connectivity index (χ2n) is 9.30. The maximum absolute atomic E-state index is 13.0. The number of thiazole rings is 1. The summed E-state index contributed by atoms with van der Waals surface area (Å²) in [5.74, 6) is 0.0178. The molecule has 0 aliphatic carbocycles. The Hall–Kier alpha value is -3.43. The van der Waals surface area contributed by atoms with Crippen LogP contribution in [-0.4, -0.2) is 53.4 Å². The summed E-state index contributed by atoms with van der Waals surface area (Å²) in [5, 5.41) is 6.58. The highest BCUT2D eigenvalue weighted by Gasteiger charge is 2.26. The molecule has 3 aromatic rings. The molecular weight excluding hydrogens is 460 g/mol. The molecule has 0 radical (unpaired) electrons. The zero-order valence-electron chi connectivity index (χ0n) is 19.8. The highest BCUT2D eigenvalue weighted by Crippen LogP contribution is 2.30. The molecule has 2 aromatic carbocycles. The summed E-state index contributed by atoms with van der Waals surface area (Å²) < 4.78 is 0. The van der Waals surface area contributed by atoms with Gasteiger partial charge < -0.3 is 20.9 Å². The number of amides is 3. The van der Waals surface area contributed by atoms with E-state index in [4.69, 9.17) is 5.73 Å². The second-order valence-corrected chi connectivity index (χ2v) is 10.4. The van der Waals surface area contributed by atoms with Crippen molar-refractivity contribution in [1.82, 2.24) is 14.8 Å². The number of hydrogen-bond donors (Lipinski definition) is 3. The molecule has 1 unspecified atom stereocenters. The molecule has 0 spiro atoms. The summed E-state index contributed by atoms with van der Waals surface area (Å²) in [4.78, 5) is 35.8. The summed E-state index contributed by atoms with van der Waals surface area (Å²) in [6.07, 6.45) is 2.79. The van der Waals surface area contributed by atoms with Crippen LogP contribution in [0.1, 0.15) is 45.3 Å². The van der Waals surface area contributed by atoms with Gasteiger partial charge in [0, 0.05) is 60.3 Å². The molecule has 8 nitrogen and oxygen atoms in total. The van der Waals surface area contributed by atoms with Crippen LogP contribution in [0.2, 0.25) is 0 Å². The average Bonchev–Trinajstić information content (AvgIpc) is 3.25. The van der Waals surface area contributed by atoms with E-state index in [0.717, 1.165) is 43.6 Å². The number of piperidine rings is 1. The Kier molecular flexibility index (Phi) is 6.70. The average molecular weight is 491 g/mol. The molecule has 35 heavy (non-hydrogen) atoms. The number of benzene rings is 2. The Morgan fingerprint density at radius 3 is 2.83 bits per heavy atom. The van der Waals surface area contributed by atoms with Gasteiger partial charge in [-0.15, -0.1) is 11.3 Å². The molecule has 3 heterocycles. The second kappa shape index (κ2) is 10.1. The number of fused-ring (bicyclic) bond motifs is 1. The van der Waals surface area contributed by atoms with Crippen molar-refractivity contribution < 1.29 is 9.59 Å². The number of anilines is 3. The number of nitrogens with two attached hydrogens (primary N) is 1. The van der Waals surface area contributed by atoms with Crippen LogP contribution in [0.4, 0.5) is 21.3 Å². The molecule has 1 atom stereocenters. The number of nitrogens with one attached hydrogen (secondary N) is 2. The number of hydrogen-bond acceptors (Lipinski definition) is 6. The van der Waals surface area contributed by atoms with Crippen molar-refractivity contribution in [3.63, 3.8) is 0 Å². The normalized spacial score (nSPS) is 18.1. The van der Waals surface area contributed by atoms with Crippen molar-refractivity contribution in [3.8, 4) is 0 Å². The fourth-order valence-electron chi connectivity index (χ4n) is 4.73. The molecule has 1 aromatic heterocycles. The standard InChI is InChI=1S/C26H30N6O2S/c1-31-12-10-22-23(16-31)35-25(29-22)30-24(33)18-6-2-5-17(13-18)19-7-4-11-32(15-19)26(34)28-21-9-3-8-20(27)14-21/h2-3,5-6,8-9,13-14,19H,4,7,10-12,15-16,27H2,1H3,(H,28,34)(H,29,30,33). The number of aromatic nitrogens is 1. The molecule has 182 valence electrons. The van der Waals surface area contributed by atoms with E-state index in [0.29, 0.717) is 35.2 Å². The maximum atomic E-state index is 13.0. The third-order valence-electron chi connectivity index (χ3n) is 6.61. The van der Waals surface area contributed by atoms with Gasteiger partial charge in [0.05, 0.1) is 5.69 Å². The predicted molar refractivity (Wildman–Crippen MR) is 140 cm³/mol. The van der Waals surface area contributed by atoms with Crippen LogP contribution in [0.3, 0.4) is 0 Å². The van der Waals surface area contributed by atoms with E-state index in [9.17, 15) is 9.59 Å². The number of likely N-dealkylation sites (N-methyl/N-ethyl adjacent to an activating group) is 1. The number of carbonyl (C=O) groups excluding carboxylic acids is 2. The fraction of sp³-hybridized carbons (Fsp3) is 0.346. The molecule has 3 amide bonds. The van der Waals surface area contributed by atoms with Gasteiger partial charge in [0.15, 0.2) is 5.13 Å². The minimum absolute atomic E-state index is 0.132. The van der Waals surface area contributed by atoms with E-state index in [1.165, 1.54) is 4.88 Å².